The number of rotatable bonds is 8. The number of ether oxygens (including phenoxy) is 1. The predicted octanol–water partition coefficient (Wildman–Crippen LogP) is 1.77. The third-order valence-electron chi connectivity index (χ3n) is 4.19. The Balaban J connectivity index is 1.44. The number of nitrogens with zero attached hydrogens (tertiary/aromatic N) is 4. The summed E-state index contributed by atoms with van der Waals surface area (Å²) in [6.45, 7) is 3.48. The first-order valence-electron chi connectivity index (χ1n) is 8.16. The molecule has 1 aliphatic heterocycles. The Bertz CT molecular complexity index is 546. The van der Waals surface area contributed by atoms with Crippen LogP contribution in [-0.2, 0) is 17.9 Å². The largest absolute Gasteiger partial charge is 0.389 e. The lowest BCUT2D eigenvalue weighted by molar-refractivity contribution is -0.00512. The van der Waals surface area contributed by atoms with Crippen LogP contribution in [0.2, 0.25) is 0 Å². The first-order valence-corrected chi connectivity index (χ1v) is 9.04. The maximum Gasteiger partial charge on any atom is 0.137 e. The normalized spacial score (nSPS) is 20.7. The third kappa shape index (κ3) is 5.10. The number of likely N-dealkylation sites (tertiary alicyclic amines) is 1. The summed E-state index contributed by atoms with van der Waals surface area (Å²) in [5.41, 5.74) is 0. The second kappa shape index (κ2) is 8.54. The van der Waals surface area contributed by atoms with Gasteiger partial charge in [-0.2, -0.15) is 5.10 Å². The van der Waals surface area contributed by atoms with Crippen molar-refractivity contribution in [3.63, 3.8) is 0 Å². The highest BCUT2D eigenvalue weighted by molar-refractivity contribution is 7.09. The topological polar surface area (TPSA) is 63.4 Å². The van der Waals surface area contributed by atoms with Gasteiger partial charge in [0, 0.05) is 17.5 Å². The van der Waals surface area contributed by atoms with E-state index in [1.165, 1.54) is 17.7 Å². The molecule has 2 aromatic heterocycles. The monoisotopic (exact) mass is 336 g/mol. The number of hydrogen-bond donors (Lipinski definition) is 1. The van der Waals surface area contributed by atoms with E-state index in [4.69, 9.17) is 4.74 Å². The molecule has 126 valence electrons. The van der Waals surface area contributed by atoms with Gasteiger partial charge in [0.2, 0.25) is 0 Å². The molecule has 0 saturated carbocycles. The zero-order valence-electron chi connectivity index (χ0n) is 13.3. The van der Waals surface area contributed by atoms with Gasteiger partial charge in [0.15, 0.2) is 0 Å². The number of hydrogen-bond acceptors (Lipinski definition) is 6. The quantitative estimate of drug-likeness (QED) is 0.796. The minimum atomic E-state index is -0.452. The molecule has 7 heteroatoms. The van der Waals surface area contributed by atoms with E-state index in [0.717, 1.165) is 19.5 Å². The molecule has 3 heterocycles. The summed E-state index contributed by atoms with van der Waals surface area (Å²) in [6, 6.07) is 4.48. The average Bonchev–Trinajstić information content (AvgIpc) is 3.23. The number of aromatic nitrogens is 3. The van der Waals surface area contributed by atoms with E-state index in [0.29, 0.717) is 25.8 Å². The van der Waals surface area contributed by atoms with Crippen molar-refractivity contribution in [2.45, 2.75) is 44.6 Å². The van der Waals surface area contributed by atoms with Crippen LogP contribution >= 0.6 is 11.3 Å². The average molecular weight is 336 g/mol. The lowest BCUT2D eigenvalue weighted by Crippen LogP contribution is -2.46. The molecular weight excluding hydrogens is 312 g/mol. The van der Waals surface area contributed by atoms with E-state index in [-0.39, 0.29) is 0 Å². The maximum atomic E-state index is 10.3. The van der Waals surface area contributed by atoms with Crippen LogP contribution in [0, 0.1) is 0 Å². The van der Waals surface area contributed by atoms with Crippen LogP contribution in [0.25, 0.3) is 0 Å². The van der Waals surface area contributed by atoms with E-state index in [1.807, 2.05) is 16.1 Å². The summed E-state index contributed by atoms with van der Waals surface area (Å²) < 4.78 is 7.51. The molecule has 0 bridgehead atoms. The van der Waals surface area contributed by atoms with Crippen LogP contribution < -0.4 is 0 Å². The second-order valence-electron chi connectivity index (χ2n) is 6.01. The molecule has 23 heavy (non-hydrogen) atoms. The first-order chi connectivity index (χ1) is 11.3. The summed E-state index contributed by atoms with van der Waals surface area (Å²) in [5.74, 6) is 0. The highest BCUT2D eigenvalue weighted by atomic mass is 32.1. The van der Waals surface area contributed by atoms with E-state index >= 15 is 0 Å². The van der Waals surface area contributed by atoms with E-state index < -0.39 is 6.10 Å². The Kier molecular flexibility index (Phi) is 6.15. The number of piperidine rings is 1. The Labute approximate surface area is 140 Å². The SMILES string of the molecule is OC(COCc1cccs1)CN1CCCCC1Cn1cncn1. The molecule has 0 spiro atoms. The second-order valence-corrected chi connectivity index (χ2v) is 7.04. The van der Waals surface area contributed by atoms with Crippen molar-refractivity contribution < 1.29 is 9.84 Å². The van der Waals surface area contributed by atoms with Crippen LogP contribution in [0.5, 0.6) is 0 Å². The maximum absolute atomic E-state index is 10.3. The number of thiophene rings is 1. The molecule has 2 aromatic rings. The standard InChI is InChI=1S/C16H24N4O2S/c21-15(10-22-11-16-5-3-7-23-16)9-19-6-2-1-4-14(19)8-20-13-17-12-18-20/h3,5,7,12-15,21H,1-2,4,6,8-11H2. The molecule has 0 radical (unpaired) electrons. The van der Waals surface area contributed by atoms with Gasteiger partial charge in [-0.05, 0) is 30.8 Å². The lowest BCUT2D eigenvalue weighted by atomic mass is 10.0. The van der Waals surface area contributed by atoms with E-state index in [2.05, 4.69) is 21.0 Å². The van der Waals surface area contributed by atoms with Gasteiger partial charge in [-0.25, -0.2) is 4.98 Å². The molecule has 0 aliphatic carbocycles. The summed E-state index contributed by atoms with van der Waals surface area (Å²) in [6.07, 6.45) is 6.44. The fourth-order valence-corrected chi connectivity index (χ4v) is 3.70. The van der Waals surface area contributed by atoms with Gasteiger partial charge < -0.3 is 9.84 Å². The van der Waals surface area contributed by atoms with Gasteiger partial charge in [-0.15, -0.1) is 11.3 Å². The predicted molar refractivity (Wildman–Crippen MR) is 89.2 cm³/mol. The fraction of sp³-hybridized carbons (Fsp3) is 0.625. The van der Waals surface area contributed by atoms with Crippen molar-refractivity contribution in [2.24, 2.45) is 0 Å². The summed E-state index contributed by atoms with van der Waals surface area (Å²) >= 11 is 1.68. The zero-order chi connectivity index (χ0) is 15.9. The van der Waals surface area contributed by atoms with Crippen LogP contribution in [-0.4, -0.2) is 56.6 Å². The summed E-state index contributed by atoms with van der Waals surface area (Å²) in [4.78, 5) is 7.56. The molecular formula is C16H24N4O2S. The minimum absolute atomic E-state index is 0.379. The van der Waals surface area contributed by atoms with Gasteiger partial charge in [0.1, 0.15) is 12.7 Å². The number of aliphatic hydroxyl groups excluding tert-OH is 1. The van der Waals surface area contributed by atoms with Gasteiger partial charge in [0.25, 0.3) is 0 Å². The highest BCUT2D eigenvalue weighted by Crippen LogP contribution is 2.19. The van der Waals surface area contributed by atoms with Crippen molar-refractivity contribution in [3.8, 4) is 0 Å². The van der Waals surface area contributed by atoms with Gasteiger partial charge in [0.05, 0.1) is 25.9 Å². The number of aliphatic hydroxyl groups is 1. The lowest BCUT2D eigenvalue weighted by Gasteiger charge is -2.36. The Hall–Kier alpha value is -1.28. The Morgan fingerprint density at radius 3 is 3.17 bits per heavy atom. The van der Waals surface area contributed by atoms with Gasteiger partial charge >= 0.3 is 0 Å². The van der Waals surface area contributed by atoms with Gasteiger partial charge in [-0.3, -0.25) is 9.58 Å². The zero-order valence-corrected chi connectivity index (χ0v) is 14.1. The highest BCUT2D eigenvalue weighted by Gasteiger charge is 2.25. The molecule has 0 amide bonds. The molecule has 3 rings (SSSR count). The summed E-state index contributed by atoms with van der Waals surface area (Å²) in [5, 5.41) is 16.5. The number of β-amino-alcohol motifs (C(OH)–C–C–N with tert-alkyl or cyclic N) is 1. The molecule has 2 unspecified atom stereocenters. The molecule has 6 nitrogen and oxygen atoms in total. The third-order valence-corrected chi connectivity index (χ3v) is 5.04. The van der Waals surface area contributed by atoms with Crippen LogP contribution in [0.4, 0.5) is 0 Å². The first kappa shape index (κ1) is 16.6. The van der Waals surface area contributed by atoms with Crippen LogP contribution in [0.15, 0.2) is 30.2 Å². The van der Waals surface area contributed by atoms with Crippen molar-refractivity contribution >= 4 is 11.3 Å². The van der Waals surface area contributed by atoms with E-state index in [1.54, 1.807) is 24.0 Å². The smallest absolute Gasteiger partial charge is 0.137 e. The van der Waals surface area contributed by atoms with E-state index in [9.17, 15) is 5.11 Å². The molecule has 1 aliphatic rings. The van der Waals surface area contributed by atoms with Crippen molar-refractivity contribution in [1.29, 1.82) is 0 Å². The van der Waals surface area contributed by atoms with Crippen molar-refractivity contribution in [3.05, 3.63) is 35.0 Å². The molecule has 1 fully saturated rings. The molecule has 2 atom stereocenters. The fourth-order valence-electron chi connectivity index (χ4n) is 3.06. The Morgan fingerprint density at radius 2 is 2.39 bits per heavy atom. The van der Waals surface area contributed by atoms with Crippen molar-refractivity contribution in [1.82, 2.24) is 19.7 Å². The molecule has 1 saturated heterocycles. The van der Waals surface area contributed by atoms with Crippen LogP contribution in [0.1, 0.15) is 24.1 Å². The Morgan fingerprint density at radius 1 is 1.43 bits per heavy atom. The van der Waals surface area contributed by atoms with Crippen molar-refractivity contribution in [2.75, 3.05) is 19.7 Å². The summed E-state index contributed by atoms with van der Waals surface area (Å²) in [7, 11) is 0. The van der Waals surface area contributed by atoms with Gasteiger partial charge in [-0.1, -0.05) is 12.5 Å². The van der Waals surface area contributed by atoms with Crippen LogP contribution in [0.3, 0.4) is 0 Å². The molecule has 1 N–H and O–H groups in total. The minimum Gasteiger partial charge on any atom is -0.389 e. The molecule has 0 aromatic carbocycles.